The Morgan fingerprint density at radius 2 is 1.85 bits per heavy atom. The van der Waals surface area contributed by atoms with Crippen molar-refractivity contribution >= 4 is 15.7 Å². The van der Waals surface area contributed by atoms with Crippen LogP contribution in [0.15, 0.2) is 0 Å². The number of carbonyl (C=O) groups excluding carboxylic acids is 1. The molecule has 0 spiro atoms. The number of sulfone groups is 1. The number of fused-ring (bicyclic) bond motifs is 1. The second-order valence-electron chi connectivity index (χ2n) is 5.34. The number of aromatic nitrogens is 2. The molecule has 3 rings (SSSR count). The van der Waals surface area contributed by atoms with Gasteiger partial charge in [-0.1, -0.05) is 0 Å². The molecule has 6 nitrogen and oxygen atoms in total. The molecule has 1 aromatic heterocycles. The summed E-state index contributed by atoms with van der Waals surface area (Å²) in [5.74, 6) is 0.554. The average molecular weight is 295 g/mol. The van der Waals surface area contributed by atoms with Crippen molar-refractivity contribution in [2.75, 3.05) is 24.6 Å². The van der Waals surface area contributed by atoms with E-state index >= 15 is 0 Å². The lowest BCUT2D eigenvalue weighted by Gasteiger charge is -2.27. The first-order chi connectivity index (χ1) is 9.46. The molecule has 0 atom stereocenters. The molecule has 108 valence electrons. The summed E-state index contributed by atoms with van der Waals surface area (Å²) in [5.41, 5.74) is 2.41. The SMILES string of the molecule is Cc1nc2c(c(C(=O)N3CCS(=O)(=O)CC3)n1)CCC2. The van der Waals surface area contributed by atoms with Gasteiger partial charge in [-0.15, -0.1) is 0 Å². The molecule has 0 aromatic carbocycles. The first-order valence-corrected chi connectivity index (χ1v) is 8.64. The maximum atomic E-state index is 12.6. The van der Waals surface area contributed by atoms with Gasteiger partial charge in [-0.2, -0.15) is 0 Å². The van der Waals surface area contributed by atoms with E-state index in [0.29, 0.717) is 11.5 Å². The van der Waals surface area contributed by atoms with Crippen LogP contribution in [0.2, 0.25) is 0 Å². The van der Waals surface area contributed by atoms with Crippen LogP contribution in [0.3, 0.4) is 0 Å². The summed E-state index contributed by atoms with van der Waals surface area (Å²) in [5, 5.41) is 0. The van der Waals surface area contributed by atoms with Gasteiger partial charge < -0.3 is 4.90 Å². The van der Waals surface area contributed by atoms with Crippen molar-refractivity contribution in [3.63, 3.8) is 0 Å². The molecule has 2 heterocycles. The van der Waals surface area contributed by atoms with Crippen LogP contribution < -0.4 is 0 Å². The summed E-state index contributed by atoms with van der Waals surface area (Å²) in [6.07, 6.45) is 2.73. The zero-order chi connectivity index (χ0) is 14.3. The van der Waals surface area contributed by atoms with E-state index in [0.717, 1.165) is 30.5 Å². The molecule has 0 unspecified atom stereocenters. The van der Waals surface area contributed by atoms with Crippen molar-refractivity contribution < 1.29 is 13.2 Å². The molecule has 1 aromatic rings. The maximum Gasteiger partial charge on any atom is 0.272 e. The topological polar surface area (TPSA) is 80.2 Å². The van der Waals surface area contributed by atoms with Gasteiger partial charge in [-0.25, -0.2) is 18.4 Å². The van der Waals surface area contributed by atoms with Gasteiger partial charge in [0.15, 0.2) is 9.84 Å². The Hall–Kier alpha value is -1.50. The van der Waals surface area contributed by atoms with E-state index in [-0.39, 0.29) is 30.5 Å². The Kier molecular flexibility index (Phi) is 3.24. The lowest BCUT2D eigenvalue weighted by atomic mass is 10.1. The average Bonchev–Trinajstić information content (AvgIpc) is 2.85. The van der Waals surface area contributed by atoms with Crippen molar-refractivity contribution in [2.24, 2.45) is 0 Å². The highest BCUT2D eigenvalue weighted by atomic mass is 32.2. The molecule has 0 radical (unpaired) electrons. The molecule has 1 fully saturated rings. The van der Waals surface area contributed by atoms with Crippen molar-refractivity contribution in [2.45, 2.75) is 26.2 Å². The third-order valence-electron chi connectivity index (χ3n) is 3.88. The van der Waals surface area contributed by atoms with Crippen LogP contribution in [0, 0.1) is 6.92 Å². The summed E-state index contributed by atoms with van der Waals surface area (Å²) in [4.78, 5) is 22.9. The third-order valence-corrected chi connectivity index (χ3v) is 5.49. The number of hydrogen-bond donors (Lipinski definition) is 0. The molecule has 2 aliphatic rings. The van der Waals surface area contributed by atoms with Gasteiger partial charge in [0.2, 0.25) is 0 Å². The second kappa shape index (κ2) is 4.80. The van der Waals surface area contributed by atoms with Crippen LogP contribution in [0.1, 0.15) is 34.0 Å². The summed E-state index contributed by atoms with van der Waals surface area (Å²) < 4.78 is 22.9. The zero-order valence-electron chi connectivity index (χ0n) is 11.4. The van der Waals surface area contributed by atoms with Gasteiger partial charge >= 0.3 is 0 Å². The van der Waals surface area contributed by atoms with Gasteiger partial charge in [0.1, 0.15) is 11.5 Å². The van der Waals surface area contributed by atoms with Crippen LogP contribution in [-0.2, 0) is 22.7 Å². The number of nitrogens with zero attached hydrogens (tertiary/aromatic N) is 3. The van der Waals surface area contributed by atoms with Gasteiger partial charge in [0, 0.05) is 24.3 Å². The fourth-order valence-electron chi connectivity index (χ4n) is 2.80. The Balaban J connectivity index is 1.89. The summed E-state index contributed by atoms with van der Waals surface area (Å²) in [6.45, 7) is 2.31. The van der Waals surface area contributed by atoms with Gasteiger partial charge in [0.25, 0.3) is 5.91 Å². The highest BCUT2D eigenvalue weighted by Crippen LogP contribution is 2.24. The Morgan fingerprint density at radius 3 is 2.55 bits per heavy atom. The van der Waals surface area contributed by atoms with E-state index in [4.69, 9.17) is 0 Å². The minimum Gasteiger partial charge on any atom is -0.335 e. The smallest absolute Gasteiger partial charge is 0.272 e. The molecule has 1 aliphatic carbocycles. The van der Waals surface area contributed by atoms with E-state index in [2.05, 4.69) is 9.97 Å². The van der Waals surface area contributed by atoms with Crippen LogP contribution in [0.25, 0.3) is 0 Å². The monoisotopic (exact) mass is 295 g/mol. The Morgan fingerprint density at radius 1 is 1.15 bits per heavy atom. The Labute approximate surface area is 118 Å². The van der Waals surface area contributed by atoms with Crippen molar-refractivity contribution in [3.8, 4) is 0 Å². The lowest BCUT2D eigenvalue weighted by Crippen LogP contribution is -2.44. The number of amides is 1. The predicted molar refractivity (Wildman–Crippen MR) is 73.4 cm³/mol. The third kappa shape index (κ3) is 2.42. The maximum absolute atomic E-state index is 12.6. The molecule has 1 aliphatic heterocycles. The van der Waals surface area contributed by atoms with Crippen LogP contribution in [0.4, 0.5) is 0 Å². The largest absolute Gasteiger partial charge is 0.335 e. The summed E-state index contributed by atoms with van der Waals surface area (Å²) >= 11 is 0. The van der Waals surface area contributed by atoms with Crippen LogP contribution >= 0.6 is 0 Å². The first-order valence-electron chi connectivity index (χ1n) is 6.82. The van der Waals surface area contributed by atoms with E-state index in [1.54, 1.807) is 11.8 Å². The van der Waals surface area contributed by atoms with Crippen LogP contribution in [0.5, 0.6) is 0 Å². The fourth-order valence-corrected chi connectivity index (χ4v) is 4.00. The van der Waals surface area contributed by atoms with E-state index in [1.165, 1.54) is 0 Å². The molecule has 1 saturated heterocycles. The molecular weight excluding hydrogens is 278 g/mol. The molecule has 0 N–H and O–H groups in total. The van der Waals surface area contributed by atoms with Crippen LogP contribution in [-0.4, -0.2) is 53.8 Å². The number of rotatable bonds is 1. The van der Waals surface area contributed by atoms with Crippen molar-refractivity contribution in [1.82, 2.24) is 14.9 Å². The lowest BCUT2D eigenvalue weighted by molar-refractivity contribution is 0.0762. The van der Waals surface area contributed by atoms with Crippen molar-refractivity contribution in [3.05, 3.63) is 22.8 Å². The molecule has 0 bridgehead atoms. The van der Waals surface area contributed by atoms with Gasteiger partial charge in [0.05, 0.1) is 11.5 Å². The van der Waals surface area contributed by atoms with E-state index in [9.17, 15) is 13.2 Å². The first kappa shape index (κ1) is 13.5. The molecule has 7 heteroatoms. The molecule has 20 heavy (non-hydrogen) atoms. The zero-order valence-corrected chi connectivity index (χ0v) is 12.2. The second-order valence-corrected chi connectivity index (χ2v) is 7.65. The molecular formula is C13H17N3O3S. The molecule has 1 amide bonds. The minimum atomic E-state index is -2.98. The van der Waals surface area contributed by atoms with Gasteiger partial charge in [-0.3, -0.25) is 4.79 Å². The minimum absolute atomic E-state index is 0.0466. The summed E-state index contributed by atoms with van der Waals surface area (Å²) in [7, 11) is -2.98. The predicted octanol–water partition coefficient (Wildman–Crippen LogP) is 0.144. The highest BCUT2D eigenvalue weighted by Gasteiger charge is 2.30. The van der Waals surface area contributed by atoms with Crippen molar-refractivity contribution in [1.29, 1.82) is 0 Å². The number of carbonyl (C=O) groups is 1. The normalized spacial score (nSPS) is 20.8. The van der Waals surface area contributed by atoms with Gasteiger partial charge in [-0.05, 0) is 26.2 Å². The quantitative estimate of drug-likeness (QED) is 0.736. The fraction of sp³-hybridized carbons (Fsp3) is 0.615. The standard InChI is InChI=1S/C13H17N3O3S/c1-9-14-11-4-2-3-10(11)12(15-9)13(17)16-5-7-20(18,19)8-6-16/h2-8H2,1H3. The highest BCUT2D eigenvalue weighted by molar-refractivity contribution is 7.91. The summed E-state index contributed by atoms with van der Waals surface area (Å²) in [6, 6.07) is 0. The van der Waals surface area contributed by atoms with E-state index < -0.39 is 9.84 Å². The number of hydrogen-bond acceptors (Lipinski definition) is 5. The molecule has 0 saturated carbocycles. The number of aryl methyl sites for hydroxylation is 2. The van der Waals surface area contributed by atoms with E-state index in [1.807, 2.05) is 0 Å². The Bertz CT molecular complexity index is 656.